The molecule has 2 N–H and O–H groups in total. The molecule has 10 heteroatoms. The summed E-state index contributed by atoms with van der Waals surface area (Å²) < 4.78 is 69.6. The molecule has 2 aromatic rings. The molecule has 0 fully saturated rings. The lowest BCUT2D eigenvalue weighted by Gasteiger charge is -2.11. The Bertz CT molecular complexity index is 897. The van der Waals surface area contributed by atoms with Gasteiger partial charge in [0.2, 0.25) is 15.9 Å². The summed E-state index contributed by atoms with van der Waals surface area (Å²) in [6.07, 6.45) is -4.67. The number of carbonyl (C=O) groups is 1. The quantitative estimate of drug-likeness (QED) is 0.746. The Labute approximate surface area is 154 Å². The molecule has 0 spiro atoms. The van der Waals surface area contributed by atoms with E-state index in [0.29, 0.717) is 24.1 Å². The van der Waals surface area contributed by atoms with Gasteiger partial charge in [0.1, 0.15) is 5.75 Å². The zero-order valence-electron chi connectivity index (χ0n) is 14.2. The van der Waals surface area contributed by atoms with Gasteiger partial charge in [-0.05, 0) is 49.4 Å². The van der Waals surface area contributed by atoms with Crippen LogP contribution in [0.2, 0.25) is 0 Å². The summed E-state index contributed by atoms with van der Waals surface area (Å²) in [5, 5.41) is 2.47. The summed E-state index contributed by atoms with van der Waals surface area (Å²) in [6.45, 7) is 1.68. The molecule has 6 nitrogen and oxygen atoms in total. The number of carbonyl (C=O) groups excluding carboxylic acids is 1. The Balaban J connectivity index is 1.99. The van der Waals surface area contributed by atoms with Crippen molar-refractivity contribution in [1.82, 2.24) is 4.72 Å². The van der Waals surface area contributed by atoms with Gasteiger partial charge in [0.05, 0.1) is 23.6 Å². The lowest BCUT2D eigenvalue weighted by atomic mass is 10.2. The maximum absolute atomic E-state index is 12.7. The monoisotopic (exact) mass is 402 g/mol. The van der Waals surface area contributed by atoms with Crippen molar-refractivity contribution in [3.8, 4) is 5.75 Å². The van der Waals surface area contributed by atoms with Gasteiger partial charge in [-0.1, -0.05) is 6.07 Å². The first-order valence-corrected chi connectivity index (χ1v) is 9.30. The van der Waals surface area contributed by atoms with Crippen molar-refractivity contribution < 1.29 is 31.1 Å². The molecule has 2 aromatic carbocycles. The second-order valence-electron chi connectivity index (χ2n) is 5.36. The highest BCUT2D eigenvalue weighted by Crippen LogP contribution is 2.30. The molecule has 0 aliphatic rings. The van der Waals surface area contributed by atoms with E-state index in [4.69, 9.17) is 4.74 Å². The van der Waals surface area contributed by atoms with Crippen molar-refractivity contribution in [2.24, 2.45) is 0 Å². The maximum atomic E-state index is 12.7. The normalized spacial score (nSPS) is 11.9. The minimum absolute atomic E-state index is 0.418. The summed E-state index contributed by atoms with van der Waals surface area (Å²) in [4.78, 5) is 11.3. The highest BCUT2D eigenvalue weighted by molar-refractivity contribution is 7.89. The lowest BCUT2D eigenvalue weighted by Crippen LogP contribution is -2.33. The first kappa shape index (κ1) is 20.7. The lowest BCUT2D eigenvalue weighted by molar-refractivity contribution is -0.137. The van der Waals surface area contributed by atoms with Gasteiger partial charge in [-0.25, -0.2) is 13.1 Å². The van der Waals surface area contributed by atoms with Gasteiger partial charge >= 0.3 is 6.18 Å². The van der Waals surface area contributed by atoms with Crippen molar-refractivity contribution in [2.45, 2.75) is 18.0 Å². The smallest absolute Gasteiger partial charge is 0.416 e. The highest BCUT2D eigenvalue weighted by atomic mass is 32.2. The number of halogens is 3. The van der Waals surface area contributed by atoms with Gasteiger partial charge < -0.3 is 10.1 Å². The molecule has 1 amide bonds. The molecule has 0 saturated carbocycles. The molecule has 0 aliphatic carbocycles. The number of amides is 1. The van der Waals surface area contributed by atoms with Crippen molar-refractivity contribution in [3.05, 3.63) is 54.1 Å². The van der Waals surface area contributed by atoms with E-state index in [-0.39, 0.29) is 0 Å². The Morgan fingerprint density at radius 3 is 2.37 bits per heavy atom. The SMILES string of the molecule is CCOc1ccc(NC(=O)CNS(=O)(=O)c2cccc(C(F)(F)F)c2)cc1. The second kappa shape index (κ2) is 8.40. The molecule has 0 bridgehead atoms. The van der Waals surface area contributed by atoms with Crippen LogP contribution >= 0.6 is 0 Å². The number of sulfonamides is 1. The van der Waals surface area contributed by atoms with Crippen LogP contribution in [0.25, 0.3) is 0 Å². The number of anilines is 1. The number of hydrogen-bond acceptors (Lipinski definition) is 4. The topological polar surface area (TPSA) is 84.5 Å². The van der Waals surface area contributed by atoms with Gasteiger partial charge in [0.25, 0.3) is 0 Å². The van der Waals surface area contributed by atoms with Crippen molar-refractivity contribution in [2.75, 3.05) is 18.5 Å². The van der Waals surface area contributed by atoms with E-state index < -0.39 is 39.1 Å². The van der Waals surface area contributed by atoms with Crippen LogP contribution in [0.1, 0.15) is 12.5 Å². The average molecular weight is 402 g/mol. The van der Waals surface area contributed by atoms with Crippen molar-refractivity contribution >= 4 is 21.6 Å². The number of alkyl halides is 3. The van der Waals surface area contributed by atoms with Gasteiger partial charge in [-0.15, -0.1) is 0 Å². The van der Waals surface area contributed by atoms with Gasteiger partial charge in [0, 0.05) is 5.69 Å². The molecular formula is C17H17F3N2O4S. The van der Waals surface area contributed by atoms with Gasteiger partial charge in [-0.2, -0.15) is 13.2 Å². The van der Waals surface area contributed by atoms with E-state index in [9.17, 15) is 26.4 Å². The molecule has 0 heterocycles. The average Bonchev–Trinajstić information content (AvgIpc) is 2.61. The fraction of sp³-hybridized carbons (Fsp3) is 0.235. The summed E-state index contributed by atoms with van der Waals surface area (Å²) in [6, 6.07) is 9.68. The molecule has 0 aliphatic heterocycles. The van der Waals surface area contributed by atoms with Crippen LogP contribution in [0.4, 0.5) is 18.9 Å². The largest absolute Gasteiger partial charge is 0.494 e. The third kappa shape index (κ3) is 5.97. The fourth-order valence-corrected chi connectivity index (χ4v) is 3.12. The van der Waals surface area contributed by atoms with Crippen LogP contribution in [0, 0.1) is 0 Å². The Kier molecular flexibility index (Phi) is 6.45. The van der Waals surface area contributed by atoms with E-state index in [0.717, 1.165) is 18.2 Å². The van der Waals surface area contributed by atoms with Gasteiger partial charge in [0.15, 0.2) is 0 Å². The predicted octanol–water partition coefficient (Wildman–Crippen LogP) is 3.02. The number of benzene rings is 2. The van der Waals surface area contributed by atoms with Crippen LogP contribution in [0.3, 0.4) is 0 Å². The third-order valence-electron chi connectivity index (χ3n) is 3.34. The number of nitrogens with one attached hydrogen (secondary N) is 2. The van der Waals surface area contributed by atoms with Crippen LogP contribution in [-0.2, 0) is 21.0 Å². The van der Waals surface area contributed by atoms with Crippen LogP contribution in [-0.4, -0.2) is 27.5 Å². The fourth-order valence-electron chi connectivity index (χ4n) is 2.09. The number of hydrogen-bond donors (Lipinski definition) is 2. The summed E-state index contributed by atoms with van der Waals surface area (Å²) in [5.74, 6) is -0.0598. The Morgan fingerprint density at radius 1 is 1.11 bits per heavy atom. The summed E-state index contributed by atoms with van der Waals surface area (Å²) >= 11 is 0. The van der Waals surface area contributed by atoms with Crippen LogP contribution in [0.15, 0.2) is 53.4 Å². The van der Waals surface area contributed by atoms with Crippen LogP contribution in [0.5, 0.6) is 5.75 Å². The first-order chi connectivity index (χ1) is 12.6. The zero-order chi connectivity index (χ0) is 20.1. The molecule has 0 unspecified atom stereocenters. The Hall–Kier alpha value is -2.59. The van der Waals surface area contributed by atoms with E-state index >= 15 is 0 Å². The van der Waals surface area contributed by atoms with E-state index in [1.54, 1.807) is 24.3 Å². The minimum Gasteiger partial charge on any atom is -0.494 e. The zero-order valence-corrected chi connectivity index (χ0v) is 15.0. The maximum Gasteiger partial charge on any atom is 0.416 e. The van der Waals surface area contributed by atoms with E-state index in [2.05, 4.69) is 5.32 Å². The van der Waals surface area contributed by atoms with Crippen LogP contribution < -0.4 is 14.8 Å². The second-order valence-corrected chi connectivity index (χ2v) is 7.12. The first-order valence-electron chi connectivity index (χ1n) is 7.81. The molecule has 27 heavy (non-hydrogen) atoms. The molecule has 0 radical (unpaired) electrons. The highest BCUT2D eigenvalue weighted by Gasteiger charge is 2.31. The molecule has 0 aromatic heterocycles. The summed E-state index contributed by atoms with van der Waals surface area (Å²) in [7, 11) is -4.28. The standard InChI is InChI=1S/C17H17F3N2O4S/c1-2-26-14-8-6-13(7-9-14)22-16(23)11-21-27(24,25)15-5-3-4-12(10-15)17(18,19)20/h3-10,21H,2,11H2,1H3,(H,22,23). The predicted molar refractivity (Wildman–Crippen MR) is 92.9 cm³/mol. The van der Waals surface area contributed by atoms with E-state index in [1.807, 2.05) is 11.6 Å². The molecular weight excluding hydrogens is 385 g/mol. The molecule has 0 saturated heterocycles. The third-order valence-corrected chi connectivity index (χ3v) is 4.74. The molecule has 0 atom stereocenters. The molecule has 146 valence electrons. The number of rotatable bonds is 7. The minimum atomic E-state index is -4.67. The Morgan fingerprint density at radius 2 is 1.78 bits per heavy atom. The summed E-state index contributed by atoms with van der Waals surface area (Å²) in [5.41, 5.74) is -0.675. The van der Waals surface area contributed by atoms with Crippen molar-refractivity contribution in [1.29, 1.82) is 0 Å². The van der Waals surface area contributed by atoms with Crippen molar-refractivity contribution in [3.63, 3.8) is 0 Å². The van der Waals surface area contributed by atoms with Gasteiger partial charge in [-0.3, -0.25) is 4.79 Å². The number of ether oxygens (including phenoxy) is 1. The molecule has 2 rings (SSSR count). The van der Waals surface area contributed by atoms with E-state index in [1.165, 1.54) is 0 Å².